The maximum atomic E-state index is 5.14. The summed E-state index contributed by atoms with van der Waals surface area (Å²) in [5, 5.41) is 0. The fourth-order valence-electron chi connectivity index (χ4n) is 1.40. The highest BCUT2D eigenvalue weighted by Gasteiger charge is 1.97. The molecule has 0 radical (unpaired) electrons. The van der Waals surface area contributed by atoms with Crippen molar-refractivity contribution in [2.24, 2.45) is 5.73 Å². The number of benzene rings is 1. The molecule has 3 heteroatoms. The van der Waals surface area contributed by atoms with E-state index in [2.05, 4.69) is 42.9 Å². The van der Waals surface area contributed by atoms with E-state index in [0.29, 0.717) is 0 Å². The number of nitrogens with one attached hydrogen (secondary N) is 1. The van der Waals surface area contributed by atoms with Gasteiger partial charge >= 0.3 is 0 Å². The molecule has 0 amide bonds. The van der Waals surface area contributed by atoms with Crippen LogP contribution in [-0.2, 0) is 0 Å². The van der Waals surface area contributed by atoms with Gasteiger partial charge in [0.25, 0.3) is 0 Å². The van der Waals surface area contributed by atoms with Crippen molar-refractivity contribution < 1.29 is 0 Å². The normalized spacial score (nSPS) is 10.0. The average molecular weight is 219 g/mol. The molecular formula is C13H21N3. The molecule has 0 saturated heterocycles. The number of H-pyrrole nitrogens is 1. The topological polar surface area (TPSA) is 54.7 Å². The second-order valence-corrected chi connectivity index (χ2v) is 4.00. The van der Waals surface area contributed by atoms with Crippen LogP contribution in [-0.4, -0.2) is 16.5 Å². The van der Waals surface area contributed by atoms with Gasteiger partial charge in [-0.1, -0.05) is 13.3 Å². The molecule has 0 atom stereocenters. The van der Waals surface area contributed by atoms with Crippen molar-refractivity contribution in [3.05, 3.63) is 29.6 Å². The standard InChI is InChI=1S/C9H10N2.C4H11N/c1-6-3-8-9(4-7(6)2)11-5-10-8;1-2-3-4-5/h3-5H,1-2H3,(H,10,11);2-5H2,1H3. The van der Waals surface area contributed by atoms with Crippen LogP contribution in [0.15, 0.2) is 18.5 Å². The summed E-state index contributed by atoms with van der Waals surface area (Å²) in [7, 11) is 0. The Morgan fingerprint density at radius 1 is 1.25 bits per heavy atom. The zero-order chi connectivity index (χ0) is 12.0. The lowest BCUT2D eigenvalue weighted by atomic mass is 10.1. The number of hydrogen-bond donors (Lipinski definition) is 2. The first-order valence-corrected chi connectivity index (χ1v) is 5.79. The van der Waals surface area contributed by atoms with E-state index in [1.54, 1.807) is 6.33 Å². The third kappa shape index (κ3) is 3.35. The summed E-state index contributed by atoms with van der Waals surface area (Å²) in [4.78, 5) is 7.24. The van der Waals surface area contributed by atoms with Crippen LogP contribution in [0, 0.1) is 13.8 Å². The number of hydrogen-bond acceptors (Lipinski definition) is 2. The zero-order valence-electron chi connectivity index (χ0n) is 10.4. The second-order valence-electron chi connectivity index (χ2n) is 4.00. The highest BCUT2D eigenvalue weighted by atomic mass is 14.9. The van der Waals surface area contributed by atoms with Crippen molar-refractivity contribution in [2.75, 3.05) is 6.54 Å². The first kappa shape index (κ1) is 12.7. The summed E-state index contributed by atoms with van der Waals surface area (Å²) < 4.78 is 0. The van der Waals surface area contributed by atoms with Crippen LogP contribution in [0.25, 0.3) is 11.0 Å². The fraction of sp³-hybridized carbons (Fsp3) is 0.462. The molecule has 0 aliphatic rings. The third-order valence-electron chi connectivity index (χ3n) is 2.59. The minimum atomic E-state index is 0.844. The number of nitrogens with zero attached hydrogens (tertiary/aromatic N) is 1. The molecule has 1 aromatic heterocycles. The van der Waals surface area contributed by atoms with Crippen LogP contribution in [0.5, 0.6) is 0 Å². The van der Waals surface area contributed by atoms with E-state index < -0.39 is 0 Å². The molecule has 0 unspecified atom stereocenters. The molecule has 0 saturated carbocycles. The van der Waals surface area contributed by atoms with Crippen molar-refractivity contribution in [2.45, 2.75) is 33.6 Å². The Balaban J connectivity index is 0.000000221. The lowest BCUT2D eigenvalue weighted by molar-refractivity contribution is 0.807. The third-order valence-corrected chi connectivity index (χ3v) is 2.59. The monoisotopic (exact) mass is 219 g/mol. The first-order valence-electron chi connectivity index (χ1n) is 5.79. The van der Waals surface area contributed by atoms with Crippen molar-refractivity contribution in [1.82, 2.24) is 9.97 Å². The number of rotatable bonds is 2. The van der Waals surface area contributed by atoms with Gasteiger partial charge in [0.15, 0.2) is 0 Å². The highest BCUT2D eigenvalue weighted by molar-refractivity contribution is 5.76. The number of aromatic amines is 1. The zero-order valence-corrected chi connectivity index (χ0v) is 10.4. The van der Waals surface area contributed by atoms with Crippen LogP contribution in [0.2, 0.25) is 0 Å². The van der Waals surface area contributed by atoms with Gasteiger partial charge in [0.2, 0.25) is 0 Å². The second kappa shape index (κ2) is 6.28. The number of fused-ring (bicyclic) bond motifs is 1. The maximum Gasteiger partial charge on any atom is 0.0931 e. The Morgan fingerprint density at radius 2 is 1.94 bits per heavy atom. The molecule has 0 spiro atoms. The van der Waals surface area contributed by atoms with Gasteiger partial charge in [0.1, 0.15) is 0 Å². The van der Waals surface area contributed by atoms with Gasteiger partial charge in [-0.15, -0.1) is 0 Å². The number of imidazole rings is 1. The molecule has 0 fully saturated rings. The van der Waals surface area contributed by atoms with Crippen molar-refractivity contribution in [3.8, 4) is 0 Å². The Morgan fingerprint density at radius 3 is 2.50 bits per heavy atom. The van der Waals surface area contributed by atoms with E-state index in [4.69, 9.17) is 5.73 Å². The van der Waals surface area contributed by atoms with Crippen LogP contribution >= 0.6 is 0 Å². The van der Waals surface area contributed by atoms with Crippen LogP contribution in [0.3, 0.4) is 0 Å². The molecule has 1 heterocycles. The molecule has 2 rings (SSSR count). The molecule has 88 valence electrons. The molecule has 16 heavy (non-hydrogen) atoms. The molecule has 0 bridgehead atoms. The SMILES string of the molecule is CCCCN.Cc1cc2nc[nH]c2cc1C. The molecule has 3 nitrogen and oxygen atoms in total. The lowest BCUT2D eigenvalue weighted by Gasteiger charge is -1.97. The first-order chi connectivity index (χ1) is 7.69. The van der Waals surface area contributed by atoms with E-state index in [0.717, 1.165) is 17.6 Å². The summed E-state index contributed by atoms with van der Waals surface area (Å²) in [6, 6.07) is 4.22. The van der Waals surface area contributed by atoms with Gasteiger partial charge in [-0.2, -0.15) is 0 Å². The Labute approximate surface area is 97.1 Å². The van der Waals surface area contributed by atoms with E-state index in [1.165, 1.54) is 24.0 Å². The summed E-state index contributed by atoms with van der Waals surface area (Å²) in [5.41, 5.74) is 9.91. The van der Waals surface area contributed by atoms with E-state index in [9.17, 15) is 0 Å². The van der Waals surface area contributed by atoms with Gasteiger partial charge in [-0.05, 0) is 50.1 Å². The van der Waals surface area contributed by atoms with Gasteiger partial charge in [-0.3, -0.25) is 0 Å². The fourth-order valence-corrected chi connectivity index (χ4v) is 1.40. The summed E-state index contributed by atoms with van der Waals surface area (Å²) >= 11 is 0. The Bertz CT molecular complexity index is 394. The summed E-state index contributed by atoms with van der Waals surface area (Å²) in [5.74, 6) is 0. The predicted molar refractivity (Wildman–Crippen MR) is 69.5 cm³/mol. The Kier molecular flexibility index (Phi) is 4.99. The molecule has 2 aromatic rings. The summed E-state index contributed by atoms with van der Waals surface area (Å²) in [6.07, 6.45) is 4.11. The van der Waals surface area contributed by atoms with Gasteiger partial charge in [-0.25, -0.2) is 4.98 Å². The van der Waals surface area contributed by atoms with Crippen molar-refractivity contribution >= 4 is 11.0 Å². The van der Waals surface area contributed by atoms with Crippen molar-refractivity contribution in [1.29, 1.82) is 0 Å². The van der Waals surface area contributed by atoms with Gasteiger partial charge < -0.3 is 10.7 Å². The van der Waals surface area contributed by atoms with E-state index >= 15 is 0 Å². The number of nitrogens with two attached hydrogens (primary N) is 1. The van der Waals surface area contributed by atoms with Crippen molar-refractivity contribution in [3.63, 3.8) is 0 Å². The minimum Gasteiger partial charge on any atom is -0.345 e. The minimum absolute atomic E-state index is 0.844. The van der Waals surface area contributed by atoms with E-state index in [-0.39, 0.29) is 0 Å². The van der Waals surface area contributed by atoms with E-state index in [1.807, 2.05) is 0 Å². The van der Waals surface area contributed by atoms with Gasteiger partial charge in [0, 0.05) is 0 Å². The summed E-state index contributed by atoms with van der Waals surface area (Å²) in [6.45, 7) is 7.18. The highest BCUT2D eigenvalue weighted by Crippen LogP contribution is 2.14. The number of unbranched alkanes of at least 4 members (excludes halogenated alkanes) is 1. The van der Waals surface area contributed by atoms with Gasteiger partial charge in [0.05, 0.1) is 17.4 Å². The molecule has 0 aliphatic heterocycles. The molecule has 0 aliphatic carbocycles. The number of aromatic nitrogens is 2. The van der Waals surface area contributed by atoms with Crippen LogP contribution in [0.4, 0.5) is 0 Å². The lowest BCUT2D eigenvalue weighted by Crippen LogP contribution is -1.95. The average Bonchev–Trinajstić information content (AvgIpc) is 2.68. The van der Waals surface area contributed by atoms with Crippen LogP contribution in [0.1, 0.15) is 30.9 Å². The quantitative estimate of drug-likeness (QED) is 0.816. The molecule has 1 aromatic carbocycles. The predicted octanol–water partition coefficient (Wildman–Crippen LogP) is 2.92. The largest absolute Gasteiger partial charge is 0.345 e. The smallest absolute Gasteiger partial charge is 0.0931 e. The van der Waals surface area contributed by atoms with Crippen LogP contribution < -0.4 is 5.73 Å². The molecule has 3 N–H and O–H groups in total. The molecular weight excluding hydrogens is 198 g/mol. The maximum absolute atomic E-state index is 5.14. The Hall–Kier alpha value is -1.35. The number of aryl methyl sites for hydroxylation is 2.